The van der Waals surface area contributed by atoms with Crippen molar-refractivity contribution in [2.24, 2.45) is 5.92 Å². The summed E-state index contributed by atoms with van der Waals surface area (Å²) in [6.45, 7) is 4.46. The average Bonchev–Trinajstić information content (AvgIpc) is 3.19. The van der Waals surface area contributed by atoms with E-state index in [0.717, 1.165) is 29.5 Å². The van der Waals surface area contributed by atoms with Crippen LogP contribution in [-0.2, 0) is 9.53 Å². The van der Waals surface area contributed by atoms with Crippen molar-refractivity contribution >= 4 is 33.4 Å². The van der Waals surface area contributed by atoms with Crippen LogP contribution in [-0.4, -0.2) is 49.2 Å². The quantitative estimate of drug-likeness (QED) is 0.592. The van der Waals surface area contributed by atoms with Gasteiger partial charge in [-0.3, -0.25) is 14.6 Å². The van der Waals surface area contributed by atoms with E-state index in [1.807, 2.05) is 17.5 Å². The lowest BCUT2D eigenvalue weighted by Gasteiger charge is -2.31. The van der Waals surface area contributed by atoms with Crippen molar-refractivity contribution in [3.8, 4) is 11.1 Å². The van der Waals surface area contributed by atoms with Gasteiger partial charge in [0.15, 0.2) is 0 Å². The summed E-state index contributed by atoms with van der Waals surface area (Å²) in [6, 6.07) is 8.23. The number of benzene rings is 1. The van der Waals surface area contributed by atoms with Gasteiger partial charge in [0.25, 0.3) is 5.56 Å². The van der Waals surface area contributed by atoms with Crippen molar-refractivity contribution < 1.29 is 9.53 Å². The van der Waals surface area contributed by atoms with E-state index in [4.69, 9.17) is 9.72 Å². The Labute approximate surface area is 179 Å². The van der Waals surface area contributed by atoms with Gasteiger partial charge >= 0.3 is 0 Å². The Morgan fingerprint density at radius 3 is 2.90 bits per heavy atom. The number of carbonyl (C=O) groups excluding carboxylic acids is 1. The van der Waals surface area contributed by atoms with Gasteiger partial charge in [-0.2, -0.15) is 0 Å². The van der Waals surface area contributed by atoms with Crippen LogP contribution in [0.5, 0.6) is 0 Å². The molecule has 1 aromatic carbocycles. The Morgan fingerprint density at radius 1 is 1.37 bits per heavy atom. The molecule has 0 unspecified atom stereocenters. The number of anilines is 1. The number of H-pyrrole nitrogens is 1. The van der Waals surface area contributed by atoms with E-state index in [9.17, 15) is 9.59 Å². The third kappa shape index (κ3) is 4.24. The number of carbonyl (C=O) groups is 1. The summed E-state index contributed by atoms with van der Waals surface area (Å²) in [5.41, 5.74) is 3.85. The molecule has 158 valence electrons. The molecular formula is C22H26N4O3S. The minimum Gasteiger partial charge on any atom is -0.383 e. The molecule has 1 aliphatic heterocycles. The summed E-state index contributed by atoms with van der Waals surface area (Å²) in [5, 5.41) is 4.92. The number of aromatic amines is 1. The minimum atomic E-state index is -0.113. The highest BCUT2D eigenvalue weighted by Crippen LogP contribution is 2.32. The maximum atomic E-state index is 12.7. The number of amides is 1. The Bertz CT molecular complexity index is 1100. The number of nitrogens with one attached hydrogen (secondary N) is 2. The molecule has 2 N–H and O–H groups in total. The molecule has 7 nitrogen and oxygen atoms in total. The SMILES string of the molecule is COCCNC(=O)C1CCN(c2nc3c(-c4cccc(C)c4)csc3c(=O)[nH]2)CC1. The van der Waals surface area contributed by atoms with Gasteiger partial charge in [-0.1, -0.05) is 29.8 Å². The number of hydrogen-bond acceptors (Lipinski definition) is 6. The van der Waals surface area contributed by atoms with E-state index in [1.54, 1.807) is 7.11 Å². The monoisotopic (exact) mass is 426 g/mol. The van der Waals surface area contributed by atoms with Gasteiger partial charge in [0.2, 0.25) is 11.9 Å². The second kappa shape index (κ2) is 8.97. The molecule has 0 aliphatic carbocycles. The molecule has 2 aromatic heterocycles. The van der Waals surface area contributed by atoms with Crippen molar-refractivity contribution in [3.05, 3.63) is 45.6 Å². The van der Waals surface area contributed by atoms with Crippen LogP contribution >= 0.6 is 11.3 Å². The van der Waals surface area contributed by atoms with E-state index in [-0.39, 0.29) is 17.4 Å². The van der Waals surface area contributed by atoms with Crippen LogP contribution in [0.4, 0.5) is 5.95 Å². The molecule has 8 heteroatoms. The lowest BCUT2D eigenvalue weighted by atomic mass is 9.96. The lowest BCUT2D eigenvalue weighted by Crippen LogP contribution is -2.42. The van der Waals surface area contributed by atoms with Crippen LogP contribution in [0, 0.1) is 12.8 Å². The molecular weight excluding hydrogens is 400 g/mol. The maximum absolute atomic E-state index is 12.7. The van der Waals surface area contributed by atoms with Crippen molar-refractivity contribution in [2.75, 3.05) is 38.3 Å². The molecule has 1 amide bonds. The summed E-state index contributed by atoms with van der Waals surface area (Å²) in [7, 11) is 1.62. The third-order valence-corrected chi connectivity index (χ3v) is 6.48. The summed E-state index contributed by atoms with van der Waals surface area (Å²) >= 11 is 1.42. The smallest absolute Gasteiger partial charge is 0.270 e. The van der Waals surface area contributed by atoms with Crippen LogP contribution in [0.15, 0.2) is 34.4 Å². The summed E-state index contributed by atoms with van der Waals surface area (Å²) < 4.78 is 5.62. The topological polar surface area (TPSA) is 87.3 Å². The van der Waals surface area contributed by atoms with Crippen LogP contribution in [0.1, 0.15) is 18.4 Å². The van der Waals surface area contributed by atoms with Crippen LogP contribution in [0.3, 0.4) is 0 Å². The second-order valence-corrected chi connectivity index (χ2v) is 8.51. The van der Waals surface area contributed by atoms with Gasteiger partial charge in [-0.15, -0.1) is 11.3 Å². The summed E-state index contributed by atoms with van der Waals surface area (Å²) in [4.78, 5) is 34.8. The van der Waals surface area contributed by atoms with Crippen LogP contribution in [0.25, 0.3) is 21.3 Å². The first-order valence-electron chi connectivity index (χ1n) is 10.2. The van der Waals surface area contributed by atoms with Gasteiger partial charge < -0.3 is 15.0 Å². The van der Waals surface area contributed by atoms with Gasteiger partial charge in [-0.25, -0.2) is 4.98 Å². The third-order valence-electron chi connectivity index (χ3n) is 5.51. The van der Waals surface area contributed by atoms with E-state index < -0.39 is 0 Å². The average molecular weight is 427 g/mol. The molecule has 1 fully saturated rings. The Hall–Kier alpha value is -2.71. The Kier molecular flexibility index (Phi) is 6.15. The van der Waals surface area contributed by atoms with E-state index in [0.29, 0.717) is 36.9 Å². The zero-order valence-electron chi connectivity index (χ0n) is 17.2. The highest BCUT2D eigenvalue weighted by molar-refractivity contribution is 7.17. The zero-order chi connectivity index (χ0) is 21.1. The van der Waals surface area contributed by atoms with Crippen molar-refractivity contribution in [1.29, 1.82) is 0 Å². The largest absolute Gasteiger partial charge is 0.383 e. The number of ether oxygens (including phenoxy) is 1. The van der Waals surface area contributed by atoms with E-state index in [2.05, 4.69) is 34.3 Å². The molecule has 0 bridgehead atoms. The number of piperidine rings is 1. The normalized spacial score (nSPS) is 14.9. The minimum absolute atomic E-state index is 0.0161. The van der Waals surface area contributed by atoms with Crippen molar-refractivity contribution in [3.63, 3.8) is 0 Å². The highest BCUT2D eigenvalue weighted by atomic mass is 32.1. The molecule has 0 saturated carbocycles. The molecule has 4 rings (SSSR count). The van der Waals surface area contributed by atoms with Crippen LogP contribution in [0.2, 0.25) is 0 Å². The maximum Gasteiger partial charge on any atom is 0.270 e. The molecule has 3 aromatic rings. The standard InChI is InChI=1S/C22H26N4O3S/c1-14-4-3-5-16(12-14)17-13-30-19-18(17)24-22(25-21(19)28)26-9-6-15(7-10-26)20(27)23-8-11-29-2/h3-5,12-13,15H,6-11H2,1-2H3,(H,23,27)(H,24,25,28). The Morgan fingerprint density at radius 2 is 2.17 bits per heavy atom. The number of fused-ring (bicyclic) bond motifs is 1. The predicted octanol–water partition coefficient (Wildman–Crippen LogP) is 2.94. The number of hydrogen-bond donors (Lipinski definition) is 2. The number of nitrogens with zero attached hydrogens (tertiary/aromatic N) is 2. The van der Waals surface area contributed by atoms with E-state index in [1.165, 1.54) is 16.9 Å². The first kappa shape index (κ1) is 20.6. The summed E-state index contributed by atoms with van der Waals surface area (Å²) in [5.74, 6) is 0.638. The molecule has 0 atom stereocenters. The number of thiophene rings is 1. The van der Waals surface area contributed by atoms with E-state index >= 15 is 0 Å². The molecule has 1 aliphatic rings. The van der Waals surface area contributed by atoms with Gasteiger partial charge in [0, 0.05) is 43.6 Å². The molecule has 30 heavy (non-hydrogen) atoms. The number of aryl methyl sites for hydroxylation is 1. The molecule has 0 radical (unpaired) electrons. The molecule has 3 heterocycles. The van der Waals surface area contributed by atoms with Crippen LogP contribution < -0.4 is 15.8 Å². The first-order valence-corrected chi connectivity index (χ1v) is 11.0. The second-order valence-electron chi connectivity index (χ2n) is 7.63. The fraction of sp³-hybridized carbons (Fsp3) is 0.409. The van der Waals surface area contributed by atoms with Gasteiger partial charge in [-0.05, 0) is 25.3 Å². The van der Waals surface area contributed by atoms with Crippen molar-refractivity contribution in [2.45, 2.75) is 19.8 Å². The van der Waals surface area contributed by atoms with Gasteiger partial charge in [0.05, 0.1) is 12.1 Å². The Balaban J connectivity index is 1.54. The first-order chi connectivity index (χ1) is 14.6. The highest BCUT2D eigenvalue weighted by Gasteiger charge is 2.26. The fourth-order valence-corrected chi connectivity index (χ4v) is 4.77. The number of rotatable bonds is 6. The number of methoxy groups -OCH3 is 1. The molecule has 1 saturated heterocycles. The summed E-state index contributed by atoms with van der Waals surface area (Å²) in [6.07, 6.45) is 1.46. The number of aromatic nitrogens is 2. The molecule has 0 spiro atoms. The van der Waals surface area contributed by atoms with Crippen molar-refractivity contribution in [1.82, 2.24) is 15.3 Å². The fourth-order valence-electron chi connectivity index (χ4n) is 3.86. The predicted molar refractivity (Wildman–Crippen MR) is 120 cm³/mol. The lowest BCUT2D eigenvalue weighted by molar-refractivity contribution is -0.125. The zero-order valence-corrected chi connectivity index (χ0v) is 18.1. The van der Waals surface area contributed by atoms with Gasteiger partial charge in [0.1, 0.15) is 4.70 Å².